The van der Waals surface area contributed by atoms with E-state index in [1.54, 1.807) is 12.3 Å². The maximum atomic E-state index is 12.3. The van der Waals surface area contributed by atoms with Crippen molar-refractivity contribution < 1.29 is 4.79 Å². The summed E-state index contributed by atoms with van der Waals surface area (Å²) >= 11 is 0. The molecule has 5 nitrogen and oxygen atoms in total. The third-order valence-corrected chi connectivity index (χ3v) is 4.03. The van der Waals surface area contributed by atoms with Gasteiger partial charge in [-0.1, -0.05) is 30.3 Å². The fraction of sp³-hybridized carbons (Fsp3) is 0.278. The van der Waals surface area contributed by atoms with Crippen molar-refractivity contribution in [3.63, 3.8) is 0 Å². The van der Waals surface area contributed by atoms with E-state index in [1.165, 1.54) is 0 Å². The van der Waals surface area contributed by atoms with Crippen molar-refractivity contribution >= 4 is 11.7 Å². The maximum absolute atomic E-state index is 12.3. The maximum Gasteiger partial charge on any atom is 0.227 e. The highest BCUT2D eigenvalue weighted by molar-refractivity contribution is 5.79. The molecule has 0 unspecified atom stereocenters. The average Bonchev–Trinajstić information content (AvgIpc) is 2.63. The molecule has 1 aromatic heterocycles. The summed E-state index contributed by atoms with van der Waals surface area (Å²) in [7, 11) is 0. The van der Waals surface area contributed by atoms with E-state index in [0.717, 1.165) is 24.5 Å². The summed E-state index contributed by atoms with van der Waals surface area (Å²) in [5.41, 5.74) is 1.61. The summed E-state index contributed by atoms with van der Waals surface area (Å²) in [4.78, 5) is 20.7. The number of rotatable bonds is 3. The van der Waals surface area contributed by atoms with Crippen LogP contribution in [0.4, 0.5) is 5.82 Å². The fourth-order valence-corrected chi connectivity index (χ4v) is 2.71. The van der Waals surface area contributed by atoms with Crippen LogP contribution in [0, 0.1) is 11.3 Å². The van der Waals surface area contributed by atoms with Crippen molar-refractivity contribution in [2.45, 2.75) is 6.42 Å². The highest BCUT2D eigenvalue weighted by Crippen LogP contribution is 2.14. The van der Waals surface area contributed by atoms with Gasteiger partial charge in [-0.3, -0.25) is 4.79 Å². The molecule has 1 fully saturated rings. The molecule has 0 aliphatic carbocycles. The molecule has 1 aromatic carbocycles. The van der Waals surface area contributed by atoms with Crippen molar-refractivity contribution in [3.8, 4) is 6.07 Å². The fourth-order valence-electron chi connectivity index (χ4n) is 2.71. The number of carbonyl (C=O) groups excluding carboxylic acids is 1. The number of hydrogen-bond acceptors (Lipinski definition) is 4. The Morgan fingerprint density at radius 1 is 1.09 bits per heavy atom. The molecule has 0 N–H and O–H groups in total. The molecule has 116 valence electrons. The van der Waals surface area contributed by atoms with Crippen molar-refractivity contribution in [2.24, 2.45) is 0 Å². The first kappa shape index (κ1) is 15.0. The van der Waals surface area contributed by atoms with E-state index in [4.69, 9.17) is 5.26 Å². The molecule has 23 heavy (non-hydrogen) atoms. The van der Waals surface area contributed by atoms with Gasteiger partial charge in [0.25, 0.3) is 0 Å². The first-order valence-electron chi connectivity index (χ1n) is 7.69. The van der Waals surface area contributed by atoms with Crippen LogP contribution in [0.3, 0.4) is 0 Å². The predicted molar refractivity (Wildman–Crippen MR) is 87.9 cm³/mol. The van der Waals surface area contributed by atoms with Gasteiger partial charge in [0.15, 0.2) is 0 Å². The second-order valence-electron chi connectivity index (χ2n) is 5.55. The molecule has 0 saturated carbocycles. The second kappa shape index (κ2) is 6.93. The highest BCUT2D eigenvalue weighted by Gasteiger charge is 2.21. The van der Waals surface area contributed by atoms with E-state index in [2.05, 4.69) is 16.0 Å². The van der Waals surface area contributed by atoms with Gasteiger partial charge in [0.1, 0.15) is 11.9 Å². The number of carbonyl (C=O) groups is 1. The molecule has 3 rings (SSSR count). The summed E-state index contributed by atoms with van der Waals surface area (Å²) in [6.45, 7) is 2.93. The molecule has 1 saturated heterocycles. The second-order valence-corrected chi connectivity index (χ2v) is 5.55. The van der Waals surface area contributed by atoms with Crippen LogP contribution in [0.1, 0.15) is 11.1 Å². The minimum absolute atomic E-state index is 0.170. The van der Waals surface area contributed by atoms with E-state index in [9.17, 15) is 4.79 Å². The lowest BCUT2D eigenvalue weighted by Crippen LogP contribution is -2.49. The number of hydrogen-bond donors (Lipinski definition) is 0. The number of amides is 1. The van der Waals surface area contributed by atoms with Gasteiger partial charge >= 0.3 is 0 Å². The molecule has 0 bridgehead atoms. The molecule has 1 aliphatic rings. The molecule has 1 amide bonds. The topological polar surface area (TPSA) is 60.2 Å². The average molecular weight is 306 g/mol. The predicted octanol–water partition coefficient (Wildman–Crippen LogP) is 1.84. The standard InChI is InChI=1S/C18H18N4O/c19-13-16-6-7-17(20-14-16)21-8-10-22(11-9-21)18(23)12-15-4-2-1-3-5-15/h1-7,14H,8-12H2. The first-order chi connectivity index (χ1) is 11.3. The Kier molecular flexibility index (Phi) is 4.53. The molecule has 1 aliphatic heterocycles. The van der Waals surface area contributed by atoms with Crippen molar-refractivity contribution in [1.82, 2.24) is 9.88 Å². The summed E-state index contributed by atoms with van der Waals surface area (Å²) in [6, 6.07) is 15.5. The van der Waals surface area contributed by atoms with E-state index < -0.39 is 0 Å². The SMILES string of the molecule is N#Cc1ccc(N2CCN(C(=O)Cc3ccccc3)CC2)nc1. The van der Waals surface area contributed by atoms with Crippen molar-refractivity contribution in [3.05, 3.63) is 59.8 Å². The molecule has 2 aromatic rings. The van der Waals surface area contributed by atoms with Crippen LogP contribution in [-0.2, 0) is 11.2 Å². The van der Waals surface area contributed by atoms with Crippen LogP contribution in [0.5, 0.6) is 0 Å². The Balaban J connectivity index is 1.55. The third kappa shape index (κ3) is 3.67. The largest absolute Gasteiger partial charge is 0.353 e. The van der Waals surface area contributed by atoms with Crippen LogP contribution >= 0.6 is 0 Å². The van der Waals surface area contributed by atoms with E-state index in [-0.39, 0.29) is 5.91 Å². The monoisotopic (exact) mass is 306 g/mol. The Labute approximate surface area is 135 Å². The number of benzene rings is 1. The molecule has 0 radical (unpaired) electrons. The van der Waals surface area contributed by atoms with Gasteiger partial charge in [0, 0.05) is 32.4 Å². The van der Waals surface area contributed by atoms with Gasteiger partial charge in [-0.25, -0.2) is 4.98 Å². The lowest BCUT2D eigenvalue weighted by molar-refractivity contribution is -0.130. The van der Waals surface area contributed by atoms with E-state index in [0.29, 0.717) is 25.1 Å². The Morgan fingerprint density at radius 3 is 2.43 bits per heavy atom. The molecule has 0 atom stereocenters. The van der Waals surface area contributed by atoms with Gasteiger partial charge < -0.3 is 9.80 Å². The summed E-state index contributed by atoms with van der Waals surface area (Å²) in [6.07, 6.45) is 2.04. The summed E-state index contributed by atoms with van der Waals surface area (Å²) < 4.78 is 0. The normalized spacial score (nSPS) is 14.4. The quantitative estimate of drug-likeness (QED) is 0.868. The molecule has 5 heteroatoms. The van der Waals surface area contributed by atoms with E-state index in [1.807, 2.05) is 41.3 Å². The lowest BCUT2D eigenvalue weighted by atomic mass is 10.1. The molecule has 0 spiro atoms. The zero-order valence-electron chi connectivity index (χ0n) is 12.9. The van der Waals surface area contributed by atoms with Gasteiger partial charge in [0.2, 0.25) is 5.91 Å². The Morgan fingerprint density at radius 2 is 1.83 bits per heavy atom. The lowest BCUT2D eigenvalue weighted by Gasteiger charge is -2.35. The van der Waals surface area contributed by atoms with Gasteiger partial charge in [-0.15, -0.1) is 0 Å². The van der Waals surface area contributed by atoms with Crippen molar-refractivity contribution in [2.75, 3.05) is 31.1 Å². The minimum Gasteiger partial charge on any atom is -0.353 e. The Hall–Kier alpha value is -2.87. The van der Waals surface area contributed by atoms with Crippen molar-refractivity contribution in [1.29, 1.82) is 5.26 Å². The number of nitriles is 1. The number of nitrogens with zero attached hydrogens (tertiary/aromatic N) is 4. The zero-order valence-corrected chi connectivity index (χ0v) is 12.9. The van der Waals surface area contributed by atoms with E-state index >= 15 is 0 Å². The molecular formula is C18H18N4O. The van der Waals surface area contributed by atoms with Crippen LogP contribution in [0.2, 0.25) is 0 Å². The number of piperazine rings is 1. The minimum atomic E-state index is 0.170. The van der Waals surface area contributed by atoms with Crippen LogP contribution in [0.25, 0.3) is 0 Å². The number of pyridine rings is 1. The number of anilines is 1. The third-order valence-electron chi connectivity index (χ3n) is 4.03. The van der Waals surface area contributed by atoms with Gasteiger partial charge in [0.05, 0.1) is 12.0 Å². The van der Waals surface area contributed by atoms with Crippen LogP contribution in [-0.4, -0.2) is 42.0 Å². The number of aromatic nitrogens is 1. The molecule has 2 heterocycles. The smallest absolute Gasteiger partial charge is 0.227 e. The molecular weight excluding hydrogens is 288 g/mol. The van der Waals surface area contributed by atoms with Gasteiger partial charge in [-0.2, -0.15) is 5.26 Å². The zero-order chi connectivity index (χ0) is 16.1. The summed E-state index contributed by atoms with van der Waals surface area (Å²) in [5.74, 6) is 1.03. The highest BCUT2D eigenvalue weighted by atomic mass is 16.2. The Bertz CT molecular complexity index is 698. The van der Waals surface area contributed by atoms with Crippen LogP contribution in [0.15, 0.2) is 48.7 Å². The summed E-state index contributed by atoms with van der Waals surface area (Å²) in [5, 5.41) is 8.81. The van der Waals surface area contributed by atoms with Gasteiger partial charge in [-0.05, 0) is 17.7 Å². The first-order valence-corrected chi connectivity index (χ1v) is 7.69. The van der Waals surface area contributed by atoms with Crippen LogP contribution < -0.4 is 4.90 Å².